The molecule has 162 valence electrons. The van der Waals surface area contributed by atoms with Gasteiger partial charge in [0.25, 0.3) is 5.91 Å². The molecule has 0 radical (unpaired) electrons. The molecule has 1 aliphatic rings. The van der Waals surface area contributed by atoms with E-state index in [-0.39, 0.29) is 5.91 Å². The van der Waals surface area contributed by atoms with Crippen molar-refractivity contribution in [3.8, 4) is 11.5 Å². The normalized spacial score (nSPS) is 14.5. The molecule has 0 spiro atoms. The summed E-state index contributed by atoms with van der Waals surface area (Å²) in [6.45, 7) is 8.81. The van der Waals surface area contributed by atoms with Gasteiger partial charge in [-0.15, -0.1) is 0 Å². The Hall–Kier alpha value is -2.44. The topological polar surface area (TPSA) is 54.0 Å². The Morgan fingerprint density at radius 2 is 1.80 bits per heavy atom. The van der Waals surface area contributed by atoms with Gasteiger partial charge >= 0.3 is 0 Å². The highest BCUT2D eigenvalue weighted by Gasteiger charge is 2.19. The van der Waals surface area contributed by atoms with Crippen LogP contribution in [0.5, 0.6) is 11.5 Å². The Balaban J connectivity index is 1.81. The van der Waals surface area contributed by atoms with E-state index in [0.29, 0.717) is 41.0 Å². The molecule has 1 fully saturated rings. The minimum Gasteiger partial charge on any atom is -0.490 e. The summed E-state index contributed by atoms with van der Waals surface area (Å²) in [5, 5.41) is 3.62. The van der Waals surface area contributed by atoms with Crippen LogP contribution in [0.25, 0.3) is 0 Å². The summed E-state index contributed by atoms with van der Waals surface area (Å²) in [7, 11) is 2.12. The van der Waals surface area contributed by atoms with Gasteiger partial charge in [-0.25, -0.2) is 0 Å². The number of likely N-dealkylation sites (N-methyl/N-ethyl adjacent to an activating group) is 1. The summed E-state index contributed by atoms with van der Waals surface area (Å²) in [5.41, 5.74) is 2.20. The minimum absolute atomic E-state index is 0.212. The molecule has 7 heteroatoms. The van der Waals surface area contributed by atoms with Crippen molar-refractivity contribution in [1.82, 2.24) is 4.90 Å². The van der Waals surface area contributed by atoms with E-state index in [4.69, 9.17) is 21.1 Å². The van der Waals surface area contributed by atoms with Gasteiger partial charge < -0.3 is 24.6 Å². The maximum absolute atomic E-state index is 13.0. The van der Waals surface area contributed by atoms with Crippen LogP contribution in [0, 0.1) is 0 Å². The zero-order chi connectivity index (χ0) is 21.5. The average molecular weight is 432 g/mol. The number of piperazine rings is 1. The molecule has 0 saturated carbocycles. The fraction of sp³-hybridized carbons (Fsp3) is 0.435. The van der Waals surface area contributed by atoms with Gasteiger partial charge in [-0.3, -0.25) is 4.79 Å². The van der Waals surface area contributed by atoms with Crippen LogP contribution >= 0.6 is 11.6 Å². The third kappa shape index (κ3) is 5.58. The first-order valence-electron chi connectivity index (χ1n) is 10.5. The number of rotatable bonds is 8. The minimum atomic E-state index is -0.212. The summed E-state index contributed by atoms with van der Waals surface area (Å²) in [5.74, 6) is 1.01. The lowest BCUT2D eigenvalue weighted by molar-refractivity contribution is 0.102. The van der Waals surface area contributed by atoms with Crippen LogP contribution in [0.4, 0.5) is 11.4 Å². The fourth-order valence-electron chi connectivity index (χ4n) is 3.37. The summed E-state index contributed by atoms with van der Waals surface area (Å²) in [4.78, 5) is 17.6. The Labute approximate surface area is 183 Å². The van der Waals surface area contributed by atoms with E-state index >= 15 is 0 Å². The van der Waals surface area contributed by atoms with Gasteiger partial charge in [0.05, 0.1) is 24.6 Å². The number of carbonyl (C=O) groups is 1. The number of benzene rings is 2. The van der Waals surface area contributed by atoms with Gasteiger partial charge in [-0.2, -0.15) is 0 Å². The van der Waals surface area contributed by atoms with Crippen LogP contribution in [0.15, 0.2) is 36.4 Å². The zero-order valence-electron chi connectivity index (χ0n) is 17.9. The van der Waals surface area contributed by atoms with Crippen molar-refractivity contribution in [3.63, 3.8) is 0 Å². The van der Waals surface area contributed by atoms with Crippen molar-refractivity contribution in [2.75, 3.05) is 56.7 Å². The smallest absolute Gasteiger partial charge is 0.255 e. The predicted octanol–water partition coefficient (Wildman–Crippen LogP) is 4.53. The second kappa shape index (κ2) is 10.5. The number of carbonyl (C=O) groups excluding carboxylic acids is 1. The first-order valence-corrected chi connectivity index (χ1v) is 10.8. The fourth-order valence-corrected chi connectivity index (χ4v) is 3.55. The molecule has 3 rings (SSSR count). The molecule has 2 aromatic carbocycles. The lowest BCUT2D eigenvalue weighted by Crippen LogP contribution is -2.44. The lowest BCUT2D eigenvalue weighted by atomic mass is 10.1. The SMILES string of the molecule is CCCOc1ccc(C(=O)Nc2cc(Cl)ccc2N2CCN(C)CC2)cc1OCC. The molecule has 1 N–H and O–H groups in total. The van der Waals surface area contributed by atoms with Gasteiger partial charge in [0.2, 0.25) is 0 Å². The van der Waals surface area contributed by atoms with Crippen molar-refractivity contribution >= 4 is 28.9 Å². The highest BCUT2D eigenvalue weighted by molar-refractivity contribution is 6.31. The number of amides is 1. The third-order valence-electron chi connectivity index (χ3n) is 5.02. The van der Waals surface area contributed by atoms with Gasteiger partial charge in [0, 0.05) is 36.8 Å². The van der Waals surface area contributed by atoms with E-state index in [1.54, 1.807) is 24.3 Å². The van der Waals surface area contributed by atoms with Crippen LogP contribution in [0.1, 0.15) is 30.6 Å². The molecule has 1 saturated heterocycles. The molecule has 0 unspecified atom stereocenters. The largest absolute Gasteiger partial charge is 0.490 e. The van der Waals surface area contributed by atoms with Crippen molar-refractivity contribution in [2.45, 2.75) is 20.3 Å². The van der Waals surface area contributed by atoms with Crippen LogP contribution in [0.2, 0.25) is 5.02 Å². The van der Waals surface area contributed by atoms with Crippen molar-refractivity contribution < 1.29 is 14.3 Å². The summed E-state index contributed by atoms with van der Waals surface area (Å²) < 4.78 is 11.4. The molecule has 1 amide bonds. The van der Waals surface area contributed by atoms with E-state index in [1.165, 1.54) is 0 Å². The quantitative estimate of drug-likeness (QED) is 0.665. The summed E-state index contributed by atoms with van der Waals surface area (Å²) in [6, 6.07) is 10.9. The molecule has 1 aliphatic heterocycles. The average Bonchev–Trinajstić information content (AvgIpc) is 2.74. The van der Waals surface area contributed by atoms with Gasteiger partial charge in [-0.05, 0) is 56.8 Å². The first kappa shape index (κ1) is 22.2. The second-order valence-electron chi connectivity index (χ2n) is 7.35. The Morgan fingerprint density at radius 1 is 1.03 bits per heavy atom. The third-order valence-corrected chi connectivity index (χ3v) is 5.25. The number of hydrogen-bond acceptors (Lipinski definition) is 5. The van der Waals surface area contributed by atoms with E-state index in [9.17, 15) is 4.79 Å². The highest BCUT2D eigenvalue weighted by atomic mass is 35.5. The van der Waals surface area contributed by atoms with Crippen LogP contribution < -0.4 is 19.7 Å². The number of ether oxygens (including phenoxy) is 2. The van der Waals surface area contributed by atoms with Crippen LogP contribution in [-0.4, -0.2) is 57.2 Å². The number of hydrogen-bond donors (Lipinski definition) is 1. The highest BCUT2D eigenvalue weighted by Crippen LogP contribution is 2.32. The molecular formula is C23H30ClN3O3. The van der Waals surface area contributed by atoms with Crippen molar-refractivity contribution in [1.29, 1.82) is 0 Å². The first-order chi connectivity index (χ1) is 14.5. The maximum Gasteiger partial charge on any atom is 0.255 e. The number of nitrogens with zero attached hydrogens (tertiary/aromatic N) is 2. The van der Waals surface area contributed by atoms with Gasteiger partial charge in [0.1, 0.15) is 0 Å². The number of halogens is 1. The molecular weight excluding hydrogens is 402 g/mol. The molecule has 0 aromatic heterocycles. The monoisotopic (exact) mass is 431 g/mol. The van der Waals surface area contributed by atoms with E-state index in [2.05, 4.69) is 22.2 Å². The molecule has 2 aromatic rings. The Morgan fingerprint density at radius 3 is 2.50 bits per heavy atom. The van der Waals surface area contributed by atoms with Crippen molar-refractivity contribution in [2.24, 2.45) is 0 Å². The van der Waals surface area contributed by atoms with Crippen LogP contribution in [-0.2, 0) is 0 Å². The lowest BCUT2D eigenvalue weighted by Gasteiger charge is -2.35. The Bertz CT molecular complexity index is 867. The van der Waals surface area contributed by atoms with Gasteiger partial charge in [-0.1, -0.05) is 18.5 Å². The van der Waals surface area contributed by atoms with Crippen molar-refractivity contribution in [3.05, 3.63) is 47.0 Å². The molecule has 0 bridgehead atoms. The second-order valence-corrected chi connectivity index (χ2v) is 7.79. The van der Waals surface area contributed by atoms with E-state index in [0.717, 1.165) is 38.3 Å². The van der Waals surface area contributed by atoms with E-state index in [1.807, 2.05) is 26.0 Å². The standard InChI is InChI=1S/C23H30ClN3O3/c1-4-14-30-21-9-6-17(15-22(21)29-5-2)23(28)25-19-16-18(24)7-8-20(19)27-12-10-26(3)11-13-27/h6-9,15-16H,4-5,10-14H2,1-3H3,(H,25,28). The number of anilines is 2. The molecule has 1 heterocycles. The predicted molar refractivity (Wildman–Crippen MR) is 123 cm³/mol. The summed E-state index contributed by atoms with van der Waals surface area (Å²) in [6.07, 6.45) is 0.900. The molecule has 6 nitrogen and oxygen atoms in total. The maximum atomic E-state index is 13.0. The molecule has 30 heavy (non-hydrogen) atoms. The molecule has 0 atom stereocenters. The van der Waals surface area contributed by atoms with Gasteiger partial charge in [0.15, 0.2) is 11.5 Å². The summed E-state index contributed by atoms with van der Waals surface area (Å²) >= 11 is 6.23. The zero-order valence-corrected chi connectivity index (χ0v) is 18.7. The Kier molecular flexibility index (Phi) is 7.82. The molecule has 0 aliphatic carbocycles. The number of nitrogens with one attached hydrogen (secondary N) is 1. The van der Waals surface area contributed by atoms with Crippen LogP contribution in [0.3, 0.4) is 0 Å². The van der Waals surface area contributed by atoms with E-state index < -0.39 is 0 Å².